The Balaban J connectivity index is 2.01. The van der Waals surface area contributed by atoms with E-state index in [4.69, 9.17) is 0 Å². The van der Waals surface area contributed by atoms with Gasteiger partial charge in [0.2, 0.25) is 0 Å². The number of nitrogens with zero attached hydrogens (tertiary/aromatic N) is 2. The molecule has 0 spiro atoms. The average Bonchev–Trinajstić information content (AvgIpc) is 2.75. The van der Waals surface area contributed by atoms with Crippen LogP contribution >= 0.6 is 0 Å². The van der Waals surface area contributed by atoms with Crippen LogP contribution in [-0.4, -0.2) is 30.8 Å². The van der Waals surface area contributed by atoms with E-state index < -0.39 is 10.8 Å². The van der Waals surface area contributed by atoms with Gasteiger partial charge < -0.3 is 9.88 Å². The maximum atomic E-state index is 11.4. The molecule has 0 aliphatic carbocycles. The molecule has 1 aromatic rings. The molecule has 0 saturated carbocycles. The van der Waals surface area contributed by atoms with E-state index in [2.05, 4.69) is 35.6 Å². The minimum atomic E-state index is -0.596. The van der Waals surface area contributed by atoms with Crippen LogP contribution in [0, 0.1) is 0 Å². The number of hydrogen-bond acceptors (Lipinski definition) is 3. The van der Waals surface area contributed by atoms with Gasteiger partial charge in [0.15, 0.2) is 0 Å². The first kappa shape index (κ1) is 13.7. The van der Waals surface area contributed by atoms with E-state index in [9.17, 15) is 4.21 Å². The summed E-state index contributed by atoms with van der Waals surface area (Å²) in [7, 11) is -0.596. The van der Waals surface area contributed by atoms with Crippen LogP contribution in [0.1, 0.15) is 45.3 Å². The topological polar surface area (TPSA) is 46.9 Å². The van der Waals surface area contributed by atoms with E-state index >= 15 is 0 Å². The summed E-state index contributed by atoms with van der Waals surface area (Å²) in [5.74, 6) is 1.66. The van der Waals surface area contributed by atoms with Crippen LogP contribution in [0.3, 0.4) is 0 Å². The van der Waals surface area contributed by atoms with E-state index in [1.165, 1.54) is 5.69 Å². The molecule has 1 N–H and O–H groups in total. The molecule has 2 heterocycles. The molecule has 5 heteroatoms. The van der Waals surface area contributed by atoms with Gasteiger partial charge in [0.05, 0.1) is 12.0 Å². The molecule has 0 bridgehead atoms. The van der Waals surface area contributed by atoms with Gasteiger partial charge in [0.25, 0.3) is 0 Å². The lowest BCUT2D eigenvalue weighted by atomic mass is 10.1. The molecule has 0 atom stereocenters. The van der Waals surface area contributed by atoms with E-state index in [1.54, 1.807) is 0 Å². The Morgan fingerprint density at radius 2 is 2.11 bits per heavy atom. The third-order valence-electron chi connectivity index (χ3n) is 3.30. The number of nitrogens with one attached hydrogen (secondary N) is 1. The van der Waals surface area contributed by atoms with Crippen molar-refractivity contribution in [1.82, 2.24) is 14.9 Å². The number of aromatic nitrogens is 2. The molecular weight excluding hydrogens is 246 g/mol. The third-order valence-corrected chi connectivity index (χ3v) is 4.68. The van der Waals surface area contributed by atoms with Gasteiger partial charge in [-0.25, -0.2) is 4.98 Å². The highest BCUT2D eigenvalue weighted by Gasteiger charge is 2.21. The zero-order chi connectivity index (χ0) is 13.2. The Hall–Kier alpha value is -0.680. The highest BCUT2D eigenvalue weighted by Crippen LogP contribution is 2.23. The summed E-state index contributed by atoms with van der Waals surface area (Å²) < 4.78 is 13.7. The first-order chi connectivity index (χ1) is 8.46. The first-order valence-electron chi connectivity index (χ1n) is 6.56. The van der Waals surface area contributed by atoms with Gasteiger partial charge in [0.1, 0.15) is 0 Å². The first-order valence-corrected chi connectivity index (χ1v) is 8.05. The van der Waals surface area contributed by atoms with Crippen LogP contribution in [0.15, 0.2) is 12.5 Å². The fourth-order valence-electron chi connectivity index (χ4n) is 2.21. The molecule has 4 nitrogen and oxygen atoms in total. The predicted molar refractivity (Wildman–Crippen MR) is 75.0 cm³/mol. The summed E-state index contributed by atoms with van der Waals surface area (Å²) in [6, 6.07) is 0.474. The second-order valence-corrected chi connectivity index (χ2v) is 7.67. The van der Waals surface area contributed by atoms with E-state index in [0.29, 0.717) is 6.04 Å². The molecule has 1 saturated heterocycles. The summed E-state index contributed by atoms with van der Waals surface area (Å²) in [6.45, 7) is 7.33. The standard InChI is InChI=1S/C13H23N3OS/c1-13(2,3)15-9-12-8-14-10-16(12)11-4-6-18(17)7-5-11/h8,10-11,15H,4-7,9H2,1-3H3. The van der Waals surface area contributed by atoms with Crippen molar-refractivity contribution < 1.29 is 4.21 Å². The molecule has 2 rings (SSSR count). The second-order valence-electron chi connectivity index (χ2n) is 5.98. The molecule has 0 amide bonds. The molecule has 1 fully saturated rings. The van der Waals surface area contributed by atoms with Gasteiger partial charge >= 0.3 is 0 Å². The summed E-state index contributed by atoms with van der Waals surface area (Å²) in [5, 5.41) is 3.49. The predicted octanol–water partition coefficient (Wildman–Crippen LogP) is 1.85. The Labute approximate surface area is 112 Å². The fourth-order valence-corrected chi connectivity index (χ4v) is 3.49. The zero-order valence-electron chi connectivity index (χ0n) is 11.5. The lowest BCUT2D eigenvalue weighted by Gasteiger charge is -2.26. The summed E-state index contributed by atoms with van der Waals surface area (Å²) in [4.78, 5) is 4.26. The van der Waals surface area contributed by atoms with Crippen LogP contribution in [0.25, 0.3) is 0 Å². The maximum absolute atomic E-state index is 11.4. The largest absolute Gasteiger partial charge is 0.330 e. The smallest absolute Gasteiger partial charge is 0.0951 e. The van der Waals surface area contributed by atoms with Gasteiger partial charge in [-0.1, -0.05) is 0 Å². The second kappa shape index (κ2) is 5.53. The van der Waals surface area contributed by atoms with Gasteiger partial charge in [-0.05, 0) is 33.6 Å². The Morgan fingerprint density at radius 3 is 2.72 bits per heavy atom. The van der Waals surface area contributed by atoms with Crippen molar-refractivity contribution in [3.63, 3.8) is 0 Å². The maximum Gasteiger partial charge on any atom is 0.0951 e. The fraction of sp³-hybridized carbons (Fsp3) is 0.769. The molecule has 1 aliphatic heterocycles. The molecular formula is C13H23N3OS. The molecule has 18 heavy (non-hydrogen) atoms. The Kier molecular flexibility index (Phi) is 4.22. The van der Waals surface area contributed by atoms with Crippen LogP contribution in [0.5, 0.6) is 0 Å². The zero-order valence-corrected chi connectivity index (χ0v) is 12.3. The highest BCUT2D eigenvalue weighted by molar-refractivity contribution is 7.85. The van der Waals surface area contributed by atoms with Crippen LogP contribution < -0.4 is 5.32 Å². The molecule has 0 radical (unpaired) electrons. The molecule has 1 aliphatic rings. The lowest BCUT2D eigenvalue weighted by molar-refractivity contribution is 0.397. The van der Waals surface area contributed by atoms with E-state index in [0.717, 1.165) is 30.9 Å². The summed E-state index contributed by atoms with van der Waals surface area (Å²) in [6.07, 6.45) is 5.86. The minimum Gasteiger partial charge on any atom is -0.330 e. The lowest BCUT2D eigenvalue weighted by Crippen LogP contribution is -2.36. The van der Waals surface area contributed by atoms with Crippen molar-refractivity contribution >= 4 is 10.8 Å². The van der Waals surface area contributed by atoms with Crippen molar-refractivity contribution in [1.29, 1.82) is 0 Å². The SMILES string of the molecule is CC(C)(C)NCc1cncn1C1CCS(=O)CC1. The molecule has 102 valence electrons. The average molecular weight is 269 g/mol. The minimum absolute atomic E-state index is 0.114. The van der Waals surface area contributed by atoms with E-state index in [1.807, 2.05) is 12.5 Å². The monoisotopic (exact) mass is 269 g/mol. The van der Waals surface area contributed by atoms with Crippen molar-refractivity contribution in [3.05, 3.63) is 18.2 Å². The van der Waals surface area contributed by atoms with Crippen molar-refractivity contribution in [3.8, 4) is 0 Å². The molecule has 1 aromatic heterocycles. The van der Waals surface area contributed by atoms with Gasteiger partial charge in [-0.3, -0.25) is 4.21 Å². The number of imidazole rings is 1. The quantitative estimate of drug-likeness (QED) is 0.911. The van der Waals surface area contributed by atoms with Crippen molar-refractivity contribution in [2.45, 2.75) is 51.7 Å². The molecule has 0 aromatic carbocycles. The van der Waals surface area contributed by atoms with Crippen LogP contribution in [-0.2, 0) is 17.3 Å². The summed E-state index contributed by atoms with van der Waals surface area (Å²) >= 11 is 0. The van der Waals surface area contributed by atoms with Crippen LogP contribution in [0.2, 0.25) is 0 Å². The molecule has 0 unspecified atom stereocenters. The van der Waals surface area contributed by atoms with Crippen molar-refractivity contribution in [2.24, 2.45) is 0 Å². The summed E-state index contributed by atoms with van der Waals surface area (Å²) in [5.41, 5.74) is 1.34. The Bertz CT molecular complexity index is 412. The number of rotatable bonds is 3. The van der Waals surface area contributed by atoms with Crippen LogP contribution in [0.4, 0.5) is 0 Å². The van der Waals surface area contributed by atoms with Gasteiger partial charge in [0, 0.05) is 46.6 Å². The van der Waals surface area contributed by atoms with Gasteiger partial charge in [-0.2, -0.15) is 0 Å². The van der Waals surface area contributed by atoms with Crippen molar-refractivity contribution in [2.75, 3.05) is 11.5 Å². The normalized spacial score (nSPS) is 25.3. The van der Waals surface area contributed by atoms with E-state index in [-0.39, 0.29) is 5.54 Å². The highest BCUT2D eigenvalue weighted by atomic mass is 32.2. The number of hydrogen-bond donors (Lipinski definition) is 1. The third kappa shape index (κ3) is 3.65. The van der Waals surface area contributed by atoms with Gasteiger partial charge in [-0.15, -0.1) is 0 Å². The Morgan fingerprint density at radius 1 is 1.44 bits per heavy atom.